The topological polar surface area (TPSA) is 73.3 Å². The molecule has 1 N–H and O–H groups in total. The lowest BCUT2D eigenvalue weighted by Gasteiger charge is -2.09. The Balaban J connectivity index is 1.75. The Morgan fingerprint density at radius 1 is 1.26 bits per heavy atom. The van der Waals surface area contributed by atoms with Gasteiger partial charge in [-0.1, -0.05) is 36.8 Å². The zero-order valence-corrected chi connectivity index (χ0v) is 14.2. The predicted molar refractivity (Wildman–Crippen MR) is 90.3 cm³/mol. The van der Waals surface area contributed by atoms with Gasteiger partial charge in [0.25, 0.3) is 0 Å². The van der Waals surface area contributed by atoms with E-state index in [0.29, 0.717) is 16.6 Å². The van der Waals surface area contributed by atoms with Gasteiger partial charge in [-0.3, -0.25) is 4.79 Å². The Labute approximate surface area is 139 Å². The molecule has 0 radical (unpaired) electrons. The van der Waals surface area contributed by atoms with Crippen LogP contribution in [-0.2, 0) is 11.2 Å². The summed E-state index contributed by atoms with van der Waals surface area (Å²) < 4.78 is 10.8. The Morgan fingerprint density at radius 3 is 2.78 bits per heavy atom. The van der Waals surface area contributed by atoms with Crippen molar-refractivity contribution >= 4 is 22.4 Å². The first-order chi connectivity index (χ1) is 11.2. The van der Waals surface area contributed by atoms with E-state index in [1.807, 2.05) is 24.3 Å². The molecule has 0 bridgehead atoms. The summed E-state index contributed by atoms with van der Waals surface area (Å²) in [5, 5.41) is 12.3. The van der Waals surface area contributed by atoms with Gasteiger partial charge in [-0.15, -0.1) is 10.2 Å². The molecule has 0 fully saturated rings. The third-order valence-electron chi connectivity index (χ3n) is 3.11. The van der Waals surface area contributed by atoms with Gasteiger partial charge in [0.1, 0.15) is 5.01 Å². The van der Waals surface area contributed by atoms with Gasteiger partial charge in [0.15, 0.2) is 11.5 Å². The summed E-state index contributed by atoms with van der Waals surface area (Å²) in [5.74, 6) is 1.14. The fourth-order valence-corrected chi connectivity index (χ4v) is 2.70. The fourth-order valence-electron chi connectivity index (χ4n) is 1.91. The number of amides is 1. The minimum Gasteiger partial charge on any atom is -0.493 e. The third-order valence-corrected chi connectivity index (χ3v) is 4.01. The van der Waals surface area contributed by atoms with E-state index in [1.54, 1.807) is 7.11 Å². The number of unbranched alkanes of at least 4 members (excludes halogenated alkanes) is 1. The van der Waals surface area contributed by atoms with Crippen LogP contribution in [0.4, 0.5) is 5.13 Å². The molecule has 124 valence electrons. The number of hydrogen-bond acceptors (Lipinski definition) is 6. The fraction of sp³-hybridized carbons (Fsp3) is 0.438. The quantitative estimate of drug-likeness (QED) is 0.761. The van der Waals surface area contributed by atoms with Crippen LogP contribution in [0.5, 0.6) is 11.5 Å². The summed E-state index contributed by atoms with van der Waals surface area (Å²) >= 11 is 1.42. The van der Waals surface area contributed by atoms with Gasteiger partial charge in [-0.05, 0) is 18.6 Å². The molecule has 1 amide bonds. The molecule has 0 aliphatic heterocycles. The van der Waals surface area contributed by atoms with Crippen LogP contribution in [0.25, 0.3) is 0 Å². The van der Waals surface area contributed by atoms with Gasteiger partial charge in [0.2, 0.25) is 11.0 Å². The number of anilines is 1. The first kappa shape index (κ1) is 17.2. The number of para-hydroxylation sites is 2. The van der Waals surface area contributed by atoms with E-state index in [0.717, 1.165) is 24.3 Å². The van der Waals surface area contributed by atoms with Crippen molar-refractivity contribution < 1.29 is 14.3 Å². The van der Waals surface area contributed by atoms with E-state index >= 15 is 0 Å². The number of hydrogen-bond donors (Lipinski definition) is 1. The molecule has 1 aromatic carbocycles. The number of nitrogens with one attached hydrogen (secondary N) is 1. The number of aryl methyl sites for hydroxylation is 1. The van der Waals surface area contributed by atoms with Crippen LogP contribution in [0, 0.1) is 0 Å². The van der Waals surface area contributed by atoms with E-state index in [-0.39, 0.29) is 18.9 Å². The molecule has 2 aromatic rings. The number of nitrogens with zero attached hydrogens (tertiary/aromatic N) is 2. The number of methoxy groups -OCH3 is 1. The Bertz CT molecular complexity index is 631. The Morgan fingerprint density at radius 2 is 2.04 bits per heavy atom. The number of rotatable bonds is 9. The summed E-state index contributed by atoms with van der Waals surface area (Å²) in [4.78, 5) is 11.9. The molecule has 23 heavy (non-hydrogen) atoms. The van der Waals surface area contributed by atoms with Crippen molar-refractivity contribution in [2.45, 2.75) is 32.6 Å². The van der Waals surface area contributed by atoms with Crippen molar-refractivity contribution in [3.8, 4) is 11.5 Å². The summed E-state index contributed by atoms with van der Waals surface area (Å²) in [6.07, 6.45) is 3.33. The molecule has 0 unspecified atom stereocenters. The van der Waals surface area contributed by atoms with Crippen molar-refractivity contribution in [3.63, 3.8) is 0 Å². The molecule has 1 aromatic heterocycles. The van der Waals surface area contributed by atoms with Gasteiger partial charge >= 0.3 is 0 Å². The van der Waals surface area contributed by atoms with E-state index in [4.69, 9.17) is 9.47 Å². The maximum absolute atomic E-state index is 11.9. The molecule has 0 aliphatic rings. The standard InChI is InChI=1S/C16H21N3O3S/c1-3-4-9-15-18-19-16(23-15)17-14(20)10-11-22-13-8-6-5-7-12(13)21-2/h5-8H,3-4,9-11H2,1-2H3,(H,17,19,20). The van der Waals surface area contributed by atoms with E-state index in [1.165, 1.54) is 11.3 Å². The SMILES string of the molecule is CCCCc1nnc(NC(=O)CCOc2ccccc2OC)s1. The van der Waals surface area contributed by atoms with E-state index in [9.17, 15) is 4.79 Å². The molecule has 7 heteroatoms. The smallest absolute Gasteiger partial charge is 0.229 e. The lowest BCUT2D eigenvalue weighted by molar-refractivity contribution is -0.116. The second-order valence-corrected chi connectivity index (χ2v) is 5.96. The average Bonchev–Trinajstić information content (AvgIpc) is 3.00. The first-order valence-electron chi connectivity index (χ1n) is 7.61. The summed E-state index contributed by atoms with van der Waals surface area (Å²) in [6.45, 7) is 2.40. The molecule has 6 nitrogen and oxygen atoms in total. The van der Waals surface area contributed by atoms with E-state index < -0.39 is 0 Å². The predicted octanol–water partition coefficient (Wildman–Crippen LogP) is 3.30. The number of carbonyl (C=O) groups is 1. The number of aromatic nitrogens is 2. The van der Waals surface area contributed by atoms with Crippen molar-refractivity contribution in [2.75, 3.05) is 19.0 Å². The van der Waals surface area contributed by atoms with Gasteiger partial charge < -0.3 is 14.8 Å². The highest BCUT2D eigenvalue weighted by molar-refractivity contribution is 7.15. The molecule has 0 saturated heterocycles. The number of benzene rings is 1. The first-order valence-corrected chi connectivity index (χ1v) is 8.42. The Kier molecular flexibility index (Phi) is 6.80. The van der Waals surface area contributed by atoms with Crippen molar-refractivity contribution in [2.24, 2.45) is 0 Å². The van der Waals surface area contributed by atoms with Crippen LogP contribution < -0.4 is 14.8 Å². The second kappa shape index (κ2) is 9.09. The van der Waals surface area contributed by atoms with Gasteiger partial charge in [0, 0.05) is 6.42 Å². The molecular formula is C16H21N3O3S. The van der Waals surface area contributed by atoms with Crippen LogP contribution in [0.2, 0.25) is 0 Å². The largest absolute Gasteiger partial charge is 0.493 e. The minimum atomic E-state index is -0.141. The van der Waals surface area contributed by atoms with Crippen LogP contribution >= 0.6 is 11.3 Å². The highest BCUT2D eigenvalue weighted by atomic mass is 32.1. The molecular weight excluding hydrogens is 314 g/mol. The van der Waals surface area contributed by atoms with Crippen LogP contribution in [0.15, 0.2) is 24.3 Å². The molecule has 1 heterocycles. The average molecular weight is 335 g/mol. The zero-order chi connectivity index (χ0) is 16.5. The van der Waals surface area contributed by atoms with Crippen LogP contribution in [0.3, 0.4) is 0 Å². The highest BCUT2D eigenvalue weighted by Crippen LogP contribution is 2.25. The van der Waals surface area contributed by atoms with Gasteiger partial charge in [-0.2, -0.15) is 0 Å². The molecule has 0 saturated carbocycles. The van der Waals surface area contributed by atoms with Crippen molar-refractivity contribution in [1.82, 2.24) is 10.2 Å². The lowest BCUT2D eigenvalue weighted by Crippen LogP contribution is -2.15. The van der Waals surface area contributed by atoms with Crippen molar-refractivity contribution in [1.29, 1.82) is 0 Å². The summed E-state index contributed by atoms with van der Waals surface area (Å²) in [7, 11) is 1.58. The monoisotopic (exact) mass is 335 g/mol. The number of carbonyl (C=O) groups excluding carboxylic acids is 1. The maximum atomic E-state index is 11.9. The van der Waals surface area contributed by atoms with Gasteiger partial charge in [0.05, 0.1) is 20.1 Å². The maximum Gasteiger partial charge on any atom is 0.229 e. The molecule has 0 atom stereocenters. The van der Waals surface area contributed by atoms with Crippen LogP contribution in [-0.4, -0.2) is 29.8 Å². The summed E-state index contributed by atoms with van der Waals surface area (Å²) in [6, 6.07) is 7.34. The number of ether oxygens (including phenoxy) is 2. The summed E-state index contributed by atoms with van der Waals surface area (Å²) in [5.41, 5.74) is 0. The zero-order valence-electron chi connectivity index (χ0n) is 13.4. The Hall–Kier alpha value is -2.15. The molecule has 0 spiro atoms. The molecule has 0 aliphatic carbocycles. The van der Waals surface area contributed by atoms with Crippen molar-refractivity contribution in [3.05, 3.63) is 29.3 Å². The van der Waals surface area contributed by atoms with E-state index in [2.05, 4.69) is 22.4 Å². The third kappa shape index (κ3) is 5.52. The second-order valence-electron chi connectivity index (χ2n) is 4.90. The highest BCUT2D eigenvalue weighted by Gasteiger charge is 2.09. The minimum absolute atomic E-state index is 0.141. The normalized spacial score (nSPS) is 10.3. The van der Waals surface area contributed by atoms with Crippen LogP contribution in [0.1, 0.15) is 31.2 Å². The molecule has 2 rings (SSSR count). The lowest BCUT2D eigenvalue weighted by atomic mass is 10.3. The van der Waals surface area contributed by atoms with Gasteiger partial charge in [-0.25, -0.2) is 0 Å².